The zero-order chi connectivity index (χ0) is 18.0. The van der Waals surface area contributed by atoms with E-state index in [1.54, 1.807) is 0 Å². The number of ether oxygens (including phenoxy) is 2. The minimum absolute atomic E-state index is 0.108. The van der Waals surface area contributed by atoms with Crippen molar-refractivity contribution in [3.63, 3.8) is 0 Å². The Labute approximate surface area is 151 Å². The summed E-state index contributed by atoms with van der Waals surface area (Å²) >= 11 is 0. The molecule has 1 N–H and O–H groups in total. The van der Waals surface area contributed by atoms with Gasteiger partial charge in [-0.1, -0.05) is 27.2 Å². The van der Waals surface area contributed by atoms with Crippen molar-refractivity contribution in [3.8, 4) is 0 Å². The molecule has 142 valence electrons. The van der Waals surface area contributed by atoms with Crippen molar-refractivity contribution in [3.05, 3.63) is 0 Å². The van der Waals surface area contributed by atoms with Gasteiger partial charge in [-0.3, -0.25) is 4.79 Å². The van der Waals surface area contributed by atoms with Crippen molar-refractivity contribution < 1.29 is 19.4 Å². The number of hydrogen-bond acceptors (Lipinski definition) is 4. The second kappa shape index (κ2) is 5.69. The number of fused-ring (bicyclic) bond motifs is 2. The van der Waals surface area contributed by atoms with E-state index in [1.165, 1.54) is 26.4 Å². The van der Waals surface area contributed by atoms with Crippen LogP contribution in [0.25, 0.3) is 0 Å². The molecule has 0 radical (unpaired) electrons. The zero-order valence-corrected chi connectivity index (χ0v) is 16.2. The summed E-state index contributed by atoms with van der Waals surface area (Å²) in [6, 6.07) is 0. The first-order valence-corrected chi connectivity index (χ1v) is 10.1. The Balaban J connectivity index is 1.75. The Hall–Kier alpha value is -0.610. The van der Waals surface area contributed by atoms with Gasteiger partial charge >= 0.3 is 5.97 Å². The molecule has 0 bridgehead atoms. The SMILES string of the molecule is COC(=O)[C@@H]1CC[C@@H]2[C@@]3(C)CCCC(C)(C)[C@@H]3CC[C@]23C(O)OC[C@H]13. The molecule has 4 aliphatic rings. The fraction of sp³-hybridized carbons (Fsp3) is 0.952. The fourth-order valence-electron chi connectivity index (χ4n) is 7.98. The molecule has 0 aromatic rings. The average molecular weight is 350 g/mol. The van der Waals surface area contributed by atoms with Gasteiger partial charge in [0.2, 0.25) is 0 Å². The Morgan fingerprint density at radius 3 is 2.56 bits per heavy atom. The van der Waals surface area contributed by atoms with Crippen LogP contribution in [-0.4, -0.2) is 31.1 Å². The van der Waals surface area contributed by atoms with Crippen molar-refractivity contribution in [1.29, 1.82) is 0 Å². The second-order valence-corrected chi connectivity index (χ2v) is 10.1. The number of esters is 1. The largest absolute Gasteiger partial charge is 0.469 e. The number of methoxy groups -OCH3 is 1. The highest BCUT2D eigenvalue weighted by molar-refractivity contribution is 5.73. The Morgan fingerprint density at radius 1 is 1.08 bits per heavy atom. The standard InChI is InChI=1S/C21H34O4/c1-19(2)9-5-10-20(3)15(19)8-11-21-14(12-25-18(21)23)13(17(22)24-4)6-7-16(20)21/h13-16,18,23H,5-12H2,1-4H3/t13-,14-,15+,16-,18?,20+,21-/m1/s1. The number of carbonyl (C=O) groups is 1. The molecule has 1 heterocycles. The van der Waals surface area contributed by atoms with Crippen LogP contribution in [0.5, 0.6) is 0 Å². The highest BCUT2D eigenvalue weighted by atomic mass is 16.6. The quantitative estimate of drug-likeness (QED) is 0.732. The van der Waals surface area contributed by atoms with E-state index in [4.69, 9.17) is 9.47 Å². The second-order valence-electron chi connectivity index (χ2n) is 10.1. The maximum absolute atomic E-state index is 12.4. The molecule has 4 heteroatoms. The number of carbonyl (C=O) groups excluding carboxylic acids is 1. The number of aliphatic hydroxyl groups excluding tert-OH is 1. The zero-order valence-electron chi connectivity index (χ0n) is 16.2. The minimum atomic E-state index is -0.724. The average Bonchev–Trinajstić information content (AvgIpc) is 2.89. The predicted molar refractivity (Wildman–Crippen MR) is 94.6 cm³/mol. The molecule has 3 aliphatic carbocycles. The van der Waals surface area contributed by atoms with Gasteiger partial charge in [0.25, 0.3) is 0 Å². The fourth-order valence-corrected chi connectivity index (χ4v) is 7.98. The molecule has 7 atom stereocenters. The van der Waals surface area contributed by atoms with Crippen molar-refractivity contribution in [2.24, 2.45) is 39.9 Å². The first-order valence-electron chi connectivity index (χ1n) is 10.1. The molecule has 1 aliphatic heterocycles. The first-order chi connectivity index (χ1) is 11.8. The maximum atomic E-state index is 12.4. The van der Waals surface area contributed by atoms with Gasteiger partial charge < -0.3 is 14.6 Å². The summed E-state index contributed by atoms with van der Waals surface area (Å²) < 4.78 is 10.9. The van der Waals surface area contributed by atoms with E-state index in [2.05, 4.69) is 20.8 Å². The van der Waals surface area contributed by atoms with Gasteiger partial charge in [0.1, 0.15) is 0 Å². The third kappa shape index (κ3) is 2.22. The lowest BCUT2D eigenvalue weighted by Crippen LogP contribution is -2.62. The lowest BCUT2D eigenvalue weighted by atomic mass is 9.38. The number of rotatable bonds is 1. The normalized spacial score (nSPS) is 51.2. The van der Waals surface area contributed by atoms with Crippen molar-refractivity contribution in [2.75, 3.05) is 13.7 Å². The van der Waals surface area contributed by atoms with Gasteiger partial charge in [0.05, 0.1) is 19.6 Å². The topological polar surface area (TPSA) is 55.8 Å². The van der Waals surface area contributed by atoms with Crippen LogP contribution in [0.15, 0.2) is 0 Å². The summed E-state index contributed by atoms with van der Waals surface area (Å²) in [6.45, 7) is 7.85. The summed E-state index contributed by atoms with van der Waals surface area (Å²) in [4.78, 5) is 12.4. The van der Waals surface area contributed by atoms with Crippen molar-refractivity contribution in [2.45, 2.75) is 72.0 Å². The van der Waals surface area contributed by atoms with Gasteiger partial charge in [-0.15, -0.1) is 0 Å². The third-order valence-electron chi connectivity index (χ3n) is 8.93. The molecule has 1 spiro atoms. The molecule has 0 amide bonds. The molecule has 1 saturated heterocycles. The molecule has 25 heavy (non-hydrogen) atoms. The van der Waals surface area contributed by atoms with Crippen LogP contribution in [-0.2, 0) is 14.3 Å². The van der Waals surface area contributed by atoms with Crippen LogP contribution in [0.1, 0.15) is 65.7 Å². The van der Waals surface area contributed by atoms with Gasteiger partial charge in [-0.25, -0.2) is 0 Å². The first kappa shape index (κ1) is 17.8. The molecule has 4 nitrogen and oxygen atoms in total. The predicted octanol–water partition coefficient (Wildman–Crippen LogP) is 3.76. The van der Waals surface area contributed by atoms with Crippen LogP contribution < -0.4 is 0 Å². The van der Waals surface area contributed by atoms with E-state index < -0.39 is 6.29 Å². The van der Waals surface area contributed by atoms with E-state index in [1.807, 2.05) is 0 Å². The Bertz CT molecular complexity index is 558. The summed E-state index contributed by atoms with van der Waals surface area (Å²) in [5.41, 5.74) is 0.359. The molecule has 3 saturated carbocycles. The van der Waals surface area contributed by atoms with Crippen LogP contribution in [0.3, 0.4) is 0 Å². The van der Waals surface area contributed by atoms with E-state index in [-0.39, 0.29) is 28.6 Å². The van der Waals surface area contributed by atoms with Crippen molar-refractivity contribution >= 4 is 5.97 Å². The smallest absolute Gasteiger partial charge is 0.309 e. The van der Waals surface area contributed by atoms with Crippen LogP contribution in [0.4, 0.5) is 0 Å². The maximum Gasteiger partial charge on any atom is 0.309 e. The van der Waals surface area contributed by atoms with E-state index >= 15 is 0 Å². The van der Waals surface area contributed by atoms with Crippen LogP contribution in [0, 0.1) is 39.9 Å². The molecule has 4 rings (SSSR count). The van der Waals surface area contributed by atoms with Gasteiger partial charge in [0.15, 0.2) is 6.29 Å². The van der Waals surface area contributed by atoms with Gasteiger partial charge in [-0.2, -0.15) is 0 Å². The third-order valence-corrected chi connectivity index (χ3v) is 8.93. The van der Waals surface area contributed by atoms with Gasteiger partial charge in [0, 0.05) is 11.3 Å². The molecule has 4 fully saturated rings. The van der Waals surface area contributed by atoms with Crippen LogP contribution in [0.2, 0.25) is 0 Å². The van der Waals surface area contributed by atoms with Crippen LogP contribution >= 0.6 is 0 Å². The number of aliphatic hydroxyl groups is 1. The molecular weight excluding hydrogens is 316 g/mol. The number of hydrogen-bond donors (Lipinski definition) is 1. The highest BCUT2D eigenvalue weighted by Crippen LogP contribution is 2.71. The van der Waals surface area contributed by atoms with Gasteiger partial charge in [-0.05, 0) is 61.2 Å². The summed E-state index contributed by atoms with van der Waals surface area (Å²) in [5.74, 6) is 1.03. The molecular formula is C21H34O4. The summed E-state index contributed by atoms with van der Waals surface area (Å²) in [6.07, 6.45) is 7.12. The minimum Gasteiger partial charge on any atom is -0.469 e. The Kier molecular flexibility index (Phi) is 4.05. The summed E-state index contributed by atoms with van der Waals surface area (Å²) in [7, 11) is 1.48. The molecule has 0 aromatic carbocycles. The van der Waals surface area contributed by atoms with E-state index in [0.717, 1.165) is 25.7 Å². The molecule has 0 aromatic heterocycles. The lowest BCUT2D eigenvalue weighted by molar-refractivity contribution is -0.229. The lowest BCUT2D eigenvalue weighted by Gasteiger charge is -2.65. The molecule has 1 unspecified atom stereocenters. The summed E-state index contributed by atoms with van der Waals surface area (Å²) in [5, 5.41) is 10.9. The van der Waals surface area contributed by atoms with E-state index in [9.17, 15) is 9.90 Å². The van der Waals surface area contributed by atoms with E-state index in [0.29, 0.717) is 23.9 Å². The van der Waals surface area contributed by atoms with Crippen molar-refractivity contribution in [1.82, 2.24) is 0 Å². The Morgan fingerprint density at radius 2 is 1.84 bits per heavy atom. The highest BCUT2D eigenvalue weighted by Gasteiger charge is 2.69. The monoisotopic (exact) mass is 350 g/mol.